The molecule has 3 aromatic rings. The summed E-state index contributed by atoms with van der Waals surface area (Å²) in [6, 6.07) is 15.1. The molecule has 1 aromatic heterocycles. The van der Waals surface area contributed by atoms with E-state index in [2.05, 4.69) is 66.6 Å². The Bertz CT molecular complexity index is 716. The number of aromatic nitrogens is 1. The van der Waals surface area contributed by atoms with Crippen molar-refractivity contribution in [2.75, 3.05) is 5.32 Å². The highest BCUT2D eigenvalue weighted by atomic mass is 35.5. The Morgan fingerprint density at radius 3 is 2.65 bits per heavy atom. The fourth-order valence-electron chi connectivity index (χ4n) is 2.42. The molecule has 0 spiro atoms. The molecule has 0 unspecified atom stereocenters. The number of aromatic amines is 1. The first-order valence-corrected chi connectivity index (χ1v) is 6.59. The molecule has 2 N–H and O–H groups in total. The van der Waals surface area contributed by atoms with Crippen molar-refractivity contribution in [3.8, 4) is 0 Å². The van der Waals surface area contributed by atoms with Crippen molar-refractivity contribution >= 4 is 29.0 Å². The third-order valence-corrected chi connectivity index (χ3v) is 3.48. The van der Waals surface area contributed by atoms with E-state index in [4.69, 9.17) is 0 Å². The van der Waals surface area contributed by atoms with Crippen molar-refractivity contribution < 1.29 is 0 Å². The van der Waals surface area contributed by atoms with Crippen LogP contribution in [-0.4, -0.2) is 4.98 Å². The maximum atomic E-state index is 3.50. The number of fused-ring (bicyclic) bond motifs is 1. The van der Waals surface area contributed by atoms with E-state index >= 15 is 0 Å². The monoisotopic (exact) mass is 286 g/mol. The van der Waals surface area contributed by atoms with Gasteiger partial charge in [-0.05, 0) is 54.6 Å². The zero-order valence-electron chi connectivity index (χ0n) is 11.7. The summed E-state index contributed by atoms with van der Waals surface area (Å²) in [5.74, 6) is 0. The second kappa shape index (κ2) is 6.02. The largest absolute Gasteiger partial charge is 0.381 e. The summed E-state index contributed by atoms with van der Waals surface area (Å²) in [5.41, 5.74) is 6.29. The van der Waals surface area contributed by atoms with Gasteiger partial charge in [0.05, 0.1) is 0 Å². The summed E-state index contributed by atoms with van der Waals surface area (Å²) in [6.07, 6.45) is 1.98. The van der Waals surface area contributed by atoms with Crippen molar-refractivity contribution in [3.63, 3.8) is 0 Å². The van der Waals surface area contributed by atoms with Crippen LogP contribution in [0.1, 0.15) is 16.7 Å². The minimum absolute atomic E-state index is 0. The van der Waals surface area contributed by atoms with Gasteiger partial charge < -0.3 is 10.3 Å². The highest BCUT2D eigenvalue weighted by Crippen LogP contribution is 2.19. The molecule has 3 heteroatoms. The van der Waals surface area contributed by atoms with Gasteiger partial charge in [-0.1, -0.05) is 23.8 Å². The molecule has 2 nitrogen and oxygen atoms in total. The smallest absolute Gasteiger partial charge is 0.0454 e. The Labute approximate surface area is 125 Å². The quantitative estimate of drug-likeness (QED) is 0.710. The lowest BCUT2D eigenvalue weighted by Gasteiger charge is -2.10. The van der Waals surface area contributed by atoms with Crippen LogP contribution in [0.2, 0.25) is 0 Å². The number of hydrogen-bond acceptors (Lipinski definition) is 1. The third kappa shape index (κ3) is 2.97. The molecule has 0 amide bonds. The number of anilines is 1. The van der Waals surface area contributed by atoms with E-state index in [1.807, 2.05) is 6.20 Å². The zero-order chi connectivity index (χ0) is 13.2. The maximum absolute atomic E-state index is 3.50. The Morgan fingerprint density at radius 1 is 1.00 bits per heavy atom. The molecule has 0 aliphatic carbocycles. The molecule has 0 aliphatic rings. The molecule has 0 bridgehead atoms. The summed E-state index contributed by atoms with van der Waals surface area (Å²) in [4.78, 5) is 3.22. The molecule has 0 fully saturated rings. The minimum Gasteiger partial charge on any atom is -0.381 e. The van der Waals surface area contributed by atoms with Gasteiger partial charge in [0.25, 0.3) is 0 Å². The minimum atomic E-state index is 0. The van der Waals surface area contributed by atoms with Gasteiger partial charge in [-0.25, -0.2) is 0 Å². The van der Waals surface area contributed by atoms with Crippen LogP contribution < -0.4 is 5.32 Å². The molecule has 1 heterocycles. The molecular weight excluding hydrogens is 268 g/mol. The van der Waals surface area contributed by atoms with Crippen molar-refractivity contribution in [2.45, 2.75) is 20.4 Å². The highest BCUT2D eigenvalue weighted by Gasteiger charge is 2.00. The van der Waals surface area contributed by atoms with Gasteiger partial charge in [-0.15, -0.1) is 12.4 Å². The summed E-state index contributed by atoms with van der Waals surface area (Å²) < 4.78 is 0. The van der Waals surface area contributed by atoms with Crippen molar-refractivity contribution in [3.05, 3.63) is 65.4 Å². The van der Waals surface area contributed by atoms with Gasteiger partial charge in [0, 0.05) is 23.9 Å². The van der Waals surface area contributed by atoms with E-state index in [0.717, 1.165) is 6.54 Å². The number of halogens is 1. The topological polar surface area (TPSA) is 27.8 Å². The average Bonchev–Trinajstić information content (AvgIpc) is 2.85. The molecule has 0 radical (unpaired) electrons. The van der Waals surface area contributed by atoms with E-state index in [1.54, 1.807) is 0 Å². The summed E-state index contributed by atoms with van der Waals surface area (Å²) in [5, 5.41) is 4.77. The number of aryl methyl sites for hydroxylation is 2. The Morgan fingerprint density at radius 2 is 1.85 bits per heavy atom. The van der Waals surface area contributed by atoms with Crippen LogP contribution in [0.4, 0.5) is 5.69 Å². The number of H-pyrrole nitrogens is 1. The van der Waals surface area contributed by atoms with Gasteiger partial charge in [0.2, 0.25) is 0 Å². The maximum Gasteiger partial charge on any atom is 0.0454 e. The Balaban J connectivity index is 0.00000147. The Hall–Kier alpha value is -1.93. The lowest BCUT2D eigenvalue weighted by molar-refractivity contribution is 1.14. The summed E-state index contributed by atoms with van der Waals surface area (Å²) in [7, 11) is 0. The van der Waals surface area contributed by atoms with E-state index in [0.29, 0.717) is 0 Å². The van der Waals surface area contributed by atoms with Crippen LogP contribution in [-0.2, 0) is 6.54 Å². The fourth-order valence-corrected chi connectivity index (χ4v) is 2.42. The molecule has 0 saturated heterocycles. The lowest BCUT2D eigenvalue weighted by Crippen LogP contribution is -2.01. The van der Waals surface area contributed by atoms with Crippen LogP contribution in [0.15, 0.2) is 48.7 Å². The molecular formula is C17H19ClN2. The third-order valence-electron chi connectivity index (χ3n) is 3.48. The van der Waals surface area contributed by atoms with Crippen molar-refractivity contribution in [1.82, 2.24) is 4.98 Å². The van der Waals surface area contributed by atoms with Gasteiger partial charge in [0.1, 0.15) is 0 Å². The summed E-state index contributed by atoms with van der Waals surface area (Å²) in [6.45, 7) is 5.12. The van der Waals surface area contributed by atoms with Gasteiger partial charge in [-0.2, -0.15) is 0 Å². The SMILES string of the molecule is Cc1ccc(NCc2ccc3[nH]ccc3c2)c(C)c1.Cl. The summed E-state index contributed by atoms with van der Waals surface area (Å²) >= 11 is 0. The lowest BCUT2D eigenvalue weighted by atomic mass is 10.1. The fraction of sp³-hybridized carbons (Fsp3) is 0.176. The predicted octanol–water partition coefficient (Wildman–Crippen LogP) is 4.82. The molecule has 20 heavy (non-hydrogen) atoms. The molecule has 0 aliphatic heterocycles. The predicted molar refractivity (Wildman–Crippen MR) is 88.8 cm³/mol. The number of rotatable bonds is 3. The average molecular weight is 287 g/mol. The van der Waals surface area contributed by atoms with Gasteiger partial charge in [0.15, 0.2) is 0 Å². The van der Waals surface area contributed by atoms with Crippen LogP contribution in [0, 0.1) is 13.8 Å². The molecule has 104 valence electrons. The second-order valence-corrected chi connectivity index (χ2v) is 5.07. The van der Waals surface area contributed by atoms with E-state index in [-0.39, 0.29) is 12.4 Å². The van der Waals surface area contributed by atoms with Crippen LogP contribution in [0.25, 0.3) is 10.9 Å². The zero-order valence-corrected chi connectivity index (χ0v) is 12.6. The molecule has 3 rings (SSSR count). The number of benzene rings is 2. The highest BCUT2D eigenvalue weighted by molar-refractivity contribution is 5.85. The van der Waals surface area contributed by atoms with Crippen molar-refractivity contribution in [2.24, 2.45) is 0 Å². The van der Waals surface area contributed by atoms with Crippen LogP contribution in [0.5, 0.6) is 0 Å². The molecule has 0 atom stereocenters. The van der Waals surface area contributed by atoms with E-state index < -0.39 is 0 Å². The normalized spacial score (nSPS) is 10.3. The molecule has 2 aromatic carbocycles. The van der Waals surface area contributed by atoms with Gasteiger partial charge >= 0.3 is 0 Å². The Kier molecular flexibility index (Phi) is 4.35. The van der Waals surface area contributed by atoms with E-state index in [9.17, 15) is 0 Å². The first-order valence-electron chi connectivity index (χ1n) is 6.59. The standard InChI is InChI=1S/C17H18N2.ClH/c1-12-3-5-16(13(2)9-12)19-11-14-4-6-17-15(10-14)7-8-18-17;/h3-10,18-19H,11H2,1-2H3;1H. The number of hydrogen-bond donors (Lipinski definition) is 2. The van der Waals surface area contributed by atoms with Crippen LogP contribution >= 0.6 is 12.4 Å². The molecule has 0 saturated carbocycles. The van der Waals surface area contributed by atoms with Crippen LogP contribution in [0.3, 0.4) is 0 Å². The first-order chi connectivity index (χ1) is 9.22. The second-order valence-electron chi connectivity index (χ2n) is 5.07. The van der Waals surface area contributed by atoms with E-state index in [1.165, 1.54) is 33.3 Å². The number of nitrogens with one attached hydrogen (secondary N) is 2. The first kappa shape index (κ1) is 14.5. The van der Waals surface area contributed by atoms with Gasteiger partial charge in [-0.3, -0.25) is 0 Å². The van der Waals surface area contributed by atoms with Crippen molar-refractivity contribution in [1.29, 1.82) is 0 Å².